The number of halogens is 5. The van der Waals surface area contributed by atoms with Crippen molar-refractivity contribution in [1.29, 1.82) is 0 Å². The molecule has 0 aliphatic heterocycles. The van der Waals surface area contributed by atoms with Crippen LogP contribution in [-0.4, -0.2) is 18.7 Å². The Labute approximate surface area is 91.3 Å². The van der Waals surface area contributed by atoms with Gasteiger partial charge in [-0.1, -0.05) is 19.9 Å². The van der Waals surface area contributed by atoms with Crippen LogP contribution in [0.5, 0.6) is 0 Å². The molecule has 0 aromatic heterocycles. The highest BCUT2D eigenvalue weighted by atomic mass is 19.4. The second-order valence-corrected chi connectivity index (χ2v) is 3.06. The Hall–Kier alpha value is -0.650. The molecule has 16 heavy (non-hydrogen) atoms. The second kappa shape index (κ2) is 6.18. The Morgan fingerprint density at radius 2 is 1.69 bits per heavy atom. The Bertz CT molecular complexity index is 232. The molecule has 0 bridgehead atoms. The number of allylic oxidation sites excluding steroid dienone is 1. The first-order valence-corrected chi connectivity index (χ1v) is 4.84. The van der Waals surface area contributed by atoms with Gasteiger partial charge in [0.25, 0.3) is 0 Å². The summed E-state index contributed by atoms with van der Waals surface area (Å²) < 4.78 is 66.4. The predicted octanol–water partition coefficient (Wildman–Crippen LogP) is 4.11. The largest absolute Gasteiger partial charge is 0.457 e. The Kier molecular flexibility index (Phi) is 5.92. The highest BCUT2D eigenvalue weighted by Gasteiger charge is 2.59. The molecule has 0 fully saturated rings. The van der Waals surface area contributed by atoms with E-state index in [4.69, 9.17) is 4.74 Å². The third-order valence-electron chi connectivity index (χ3n) is 1.85. The summed E-state index contributed by atoms with van der Waals surface area (Å²) in [5.41, 5.74) is -0.968. The SMILES string of the molecule is CC[CH]OC/C=C(\CC)C(F)(F)C(F)(F)F. The van der Waals surface area contributed by atoms with Crippen LogP contribution in [0.3, 0.4) is 0 Å². The molecule has 0 heterocycles. The molecule has 0 saturated carbocycles. The molecule has 0 aromatic rings. The fourth-order valence-electron chi connectivity index (χ4n) is 1.01. The van der Waals surface area contributed by atoms with E-state index in [1.165, 1.54) is 13.5 Å². The van der Waals surface area contributed by atoms with Crippen LogP contribution in [0.25, 0.3) is 0 Å². The summed E-state index contributed by atoms with van der Waals surface area (Å²) in [4.78, 5) is 0. The molecule has 0 N–H and O–H groups in total. The van der Waals surface area contributed by atoms with Crippen molar-refractivity contribution < 1.29 is 26.7 Å². The van der Waals surface area contributed by atoms with E-state index >= 15 is 0 Å². The summed E-state index contributed by atoms with van der Waals surface area (Å²) in [7, 11) is 0. The van der Waals surface area contributed by atoms with Crippen molar-refractivity contribution in [2.24, 2.45) is 0 Å². The van der Waals surface area contributed by atoms with E-state index < -0.39 is 17.7 Å². The Balaban J connectivity index is 4.59. The third-order valence-corrected chi connectivity index (χ3v) is 1.85. The normalized spacial score (nSPS) is 14.3. The van der Waals surface area contributed by atoms with Crippen LogP contribution in [0.4, 0.5) is 22.0 Å². The van der Waals surface area contributed by atoms with Crippen molar-refractivity contribution >= 4 is 0 Å². The maximum atomic E-state index is 12.8. The molecule has 1 nitrogen and oxygen atoms in total. The molecule has 6 heteroatoms. The molecule has 0 rings (SSSR count). The lowest BCUT2D eigenvalue weighted by Gasteiger charge is -2.21. The van der Waals surface area contributed by atoms with E-state index in [0.717, 1.165) is 6.08 Å². The van der Waals surface area contributed by atoms with E-state index in [1.807, 2.05) is 0 Å². The van der Waals surface area contributed by atoms with Crippen molar-refractivity contribution in [3.05, 3.63) is 18.3 Å². The second-order valence-electron chi connectivity index (χ2n) is 3.06. The molecule has 1 radical (unpaired) electrons. The van der Waals surface area contributed by atoms with Crippen LogP contribution in [0.2, 0.25) is 0 Å². The number of alkyl halides is 5. The lowest BCUT2D eigenvalue weighted by atomic mass is 10.1. The quantitative estimate of drug-likeness (QED) is 0.388. The molecule has 0 atom stereocenters. The van der Waals surface area contributed by atoms with Crippen molar-refractivity contribution in [3.8, 4) is 0 Å². The number of rotatable bonds is 6. The van der Waals surface area contributed by atoms with Gasteiger partial charge in [0, 0.05) is 5.57 Å². The van der Waals surface area contributed by atoms with Gasteiger partial charge in [-0.3, -0.25) is 0 Å². The van der Waals surface area contributed by atoms with Crippen LogP contribution < -0.4 is 0 Å². The highest BCUT2D eigenvalue weighted by Crippen LogP contribution is 2.42. The first kappa shape index (κ1) is 15.3. The van der Waals surface area contributed by atoms with Gasteiger partial charge in [-0.2, -0.15) is 22.0 Å². The van der Waals surface area contributed by atoms with E-state index in [-0.39, 0.29) is 13.0 Å². The van der Waals surface area contributed by atoms with Crippen molar-refractivity contribution in [1.82, 2.24) is 0 Å². The molecule has 0 saturated heterocycles. The lowest BCUT2D eigenvalue weighted by Crippen LogP contribution is -2.38. The summed E-state index contributed by atoms with van der Waals surface area (Å²) in [6.07, 6.45) is -4.59. The van der Waals surface area contributed by atoms with Gasteiger partial charge in [-0.05, 0) is 12.8 Å². The van der Waals surface area contributed by atoms with E-state index in [1.54, 1.807) is 6.92 Å². The first-order chi connectivity index (χ1) is 7.27. The summed E-state index contributed by atoms with van der Waals surface area (Å²) in [5, 5.41) is 0. The molecule has 0 aliphatic carbocycles. The topological polar surface area (TPSA) is 9.23 Å². The number of ether oxygens (including phenoxy) is 1. The standard InChI is InChI=1S/C10H14F5O/c1-3-6-16-7-5-8(4-2)9(11,12)10(13,14)15/h5-6H,3-4,7H2,1-2H3/b8-5+. The maximum Gasteiger partial charge on any atom is 0.457 e. The van der Waals surface area contributed by atoms with Crippen LogP contribution in [0.15, 0.2) is 11.6 Å². The van der Waals surface area contributed by atoms with E-state index in [9.17, 15) is 22.0 Å². The summed E-state index contributed by atoms with van der Waals surface area (Å²) >= 11 is 0. The third kappa shape index (κ3) is 4.08. The minimum absolute atomic E-state index is 0.275. The van der Waals surface area contributed by atoms with Gasteiger partial charge in [0.2, 0.25) is 0 Å². The molecule has 0 aliphatic rings. The lowest BCUT2D eigenvalue weighted by molar-refractivity contribution is -0.265. The highest BCUT2D eigenvalue weighted by molar-refractivity contribution is 5.15. The monoisotopic (exact) mass is 245 g/mol. The summed E-state index contributed by atoms with van der Waals surface area (Å²) in [6, 6.07) is 0. The van der Waals surface area contributed by atoms with Crippen LogP contribution in [0.1, 0.15) is 26.7 Å². The summed E-state index contributed by atoms with van der Waals surface area (Å²) in [6.45, 7) is 4.07. The zero-order valence-electron chi connectivity index (χ0n) is 9.07. The molecule has 0 amide bonds. The van der Waals surface area contributed by atoms with Gasteiger partial charge in [0.05, 0.1) is 13.2 Å². The maximum absolute atomic E-state index is 12.8. The molecule has 0 aromatic carbocycles. The smallest absolute Gasteiger partial charge is 0.371 e. The average Bonchev–Trinajstić information content (AvgIpc) is 2.16. The van der Waals surface area contributed by atoms with Gasteiger partial charge >= 0.3 is 12.1 Å². The Morgan fingerprint density at radius 3 is 2.06 bits per heavy atom. The van der Waals surface area contributed by atoms with Gasteiger partial charge in [0.1, 0.15) is 0 Å². The van der Waals surface area contributed by atoms with E-state index in [0.29, 0.717) is 6.42 Å². The molecule has 0 unspecified atom stereocenters. The predicted molar refractivity (Wildman–Crippen MR) is 49.9 cm³/mol. The number of hydrogen-bond acceptors (Lipinski definition) is 1. The molecular weight excluding hydrogens is 231 g/mol. The van der Waals surface area contributed by atoms with Gasteiger partial charge < -0.3 is 4.74 Å². The van der Waals surface area contributed by atoms with Gasteiger partial charge in [0.15, 0.2) is 0 Å². The fraction of sp³-hybridized carbons (Fsp3) is 0.700. The molecule has 0 spiro atoms. The fourth-order valence-corrected chi connectivity index (χ4v) is 1.01. The van der Waals surface area contributed by atoms with Gasteiger partial charge in [-0.15, -0.1) is 0 Å². The van der Waals surface area contributed by atoms with Crippen LogP contribution >= 0.6 is 0 Å². The van der Waals surface area contributed by atoms with Crippen LogP contribution in [0, 0.1) is 6.61 Å². The van der Waals surface area contributed by atoms with Crippen molar-refractivity contribution in [3.63, 3.8) is 0 Å². The minimum Gasteiger partial charge on any atom is -0.371 e. The minimum atomic E-state index is -5.55. The molecular formula is C10H14F5O. The van der Waals surface area contributed by atoms with Crippen molar-refractivity contribution in [2.45, 2.75) is 38.8 Å². The molecule has 95 valence electrons. The number of hydrogen-bond donors (Lipinski definition) is 0. The zero-order valence-corrected chi connectivity index (χ0v) is 9.07. The average molecular weight is 245 g/mol. The van der Waals surface area contributed by atoms with Crippen molar-refractivity contribution in [2.75, 3.05) is 6.61 Å². The first-order valence-electron chi connectivity index (χ1n) is 4.84. The van der Waals surface area contributed by atoms with Gasteiger partial charge in [-0.25, -0.2) is 0 Å². The Morgan fingerprint density at radius 1 is 1.12 bits per heavy atom. The summed E-state index contributed by atoms with van der Waals surface area (Å²) in [5.74, 6) is -4.78. The van der Waals surface area contributed by atoms with E-state index in [2.05, 4.69) is 0 Å². The zero-order chi connectivity index (χ0) is 12.8. The van der Waals surface area contributed by atoms with Crippen LogP contribution in [-0.2, 0) is 4.74 Å².